The third-order valence-corrected chi connectivity index (χ3v) is 7.21. The van der Waals surface area contributed by atoms with Crippen LogP contribution in [0, 0.1) is 6.92 Å². The summed E-state index contributed by atoms with van der Waals surface area (Å²) in [5.41, 5.74) is 1.56. The monoisotopic (exact) mass is 425 g/mol. The first-order valence-corrected chi connectivity index (χ1v) is 10.6. The summed E-state index contributed by atoms with van der Waals surface area (Å²) in [6, 6.07) is 3.68. The number of anilines is 1. The van der Waals surface area contributed by atoms with Gasteiger partial charge in [0.25, 0.3) is 10.0 Å². The summed E-state index contributed by atoms with van der Waals surface area (Å²) in [7, 11) is -3.73. The maximum Gasteiger partial charge on any atom is 0.283 e. The highest BCUT2D eigenvalue weighted by Gasteiger charge is 2.35. The highest BCUT2D eigenvalue weighted by Crippen LogP contribution is 2.40. The van der Waals surface area contributed by atoms with Crippen LogP contribution < -0.4 is 9.04 Å². The Balaban J connectivity index is 1.81. The van der Waals surface area contributed by atoms with Gasteiger partial charge in [-0.05, 0) is 44.4 Å². The summed E-state index contributed by atoms with van der Waals surface area (Å²) in [4.78, 5) is 4.42. The van der Waals surface area contributed by atoms with E-state index in [0.717, 1.165) is 41.7 Å². The Morgan fingerprint density at radius 3 is 2.88 bits per heavy atom. The molecule has 2 aromatic rings. The van der Waals surface area contributed by atoms with Crippen LogP contribution in [0.15, 0.2) is 27.8 Å². The van der Waals surface area contributed by atoms with Gasteiger partial charge in [-0.1, -0.05) is 15.9 Å². The summed E-state index contributed by atoms with van der Waals surface area (Å²) in [6.45, 7) is 4.93. The number of ether oxygens (including phenoxy) is 1. The van der Waals surface area contributed by atoms with Gasteiger partial charge in [-0.15, -0.1) is 0 Å². The predicted molar refractivity (Wildman–Crippen MR) is 98.7 cm³/mol. The molecular formula is C17H20BrN3O3S. The van der Waals surface area contributed by atoms with Gasteiger partial charge in [0.1, 0.15) is 17.7 Å². The van der Waals surface area contributed by atoms with Crippen LogP contribution in [0.2, 0.25) is 0 Å². The van der Waals surface area contributed by atoms with E-state index in [4.69, 9.17) is 4.74 Å². The van der Waals surface area contributed by atoms with Crippen LogP contribution >= 0.6 is 15.9 Å². The van der Waals surface area contributed by atoms with Crippen LogP contribution in [-0.2, 0) is 23.0 Å². The first-order chi connectivity index (χ1) is 11.9. The van der Waals surface area contributed by atoms with Gasteiger partial charge >= 0.3 is 0 Å². The quantitative estimate of drug-likeness (QED) is 0.740. The second kappa shape index (κ2) is 6.02. The summed E-state index contributed by atoms with van der Waals surface area (Å²) in [6.07, 6.45) is 4.40. The minimum absolute atomic E-state index is 0.126. The van der Waals surface area contributed by atoms with Gasteiger partial charge in [-0.2, -0.15) is 8.42 Å². The van der Waals surface area contributed by atoms with Gasteiger partial charge in [0.15, 0.2) is 5.03 Å². The molecule has 4 rings (SSSR count). The normalized spacial score (nSPS) is 20.0. The molecule has 3 heterocycles. The van der Waals surface area contributed by atoms with Gasteiger partial charge < -0.3 is 9.30 Å². The molecule has 0 radical (unpaired) electrons. The molecule has 0 bridgehead atoms. The lowest BCUT2D eigenvalue weighted by atomic mass is 10.2. The van der Waals surface area contributed by atoms with Gasteiger partial charge in [0.2, 0.25) is 0 Å². The van der Waals surface area contributed by atoms with E-state index in [9.17, 15) is 8.42 Å². The van der Waals surface area contributed by atoms with Crippen molar-refractivity contribution in [3.63, 3.8) is 0 Å². The van der Waals surface area contributed by atoms with Crippen molar-refractivity contribution < 1.29 is 13.2 Å². The predicted octanol–water partition coefficient (Wildman–Crippen LogP) is 3.27. The van der Waals surface area contributed by atoms with Gasteiger partial charge in [0, 0.05) is 23.6 Å². The second-order valence-electron chi connectivity index (χ2n) is 6.68. The molecule has 0 saturated heterocycles. The van der Waals surface area contributed by atoms with E-state index in [2.05, 4.69) is 20.9 Å². The summed E-state index contributed by atoms with van der Waals surface area (Å²) < 4.78 is 36.7. The first-order valence-electron chi connectivity index (χ1n) is 8.42. The largest absolute Gasteiger partial charge is 0.487 e. The summed E-state index contributed by atoms with van der Waals surface area (Å²) >= 11 is 3.49. The maximum absolute atomic E-state index is 13.3. The highest BCUT2D eigenvalue weighted by molar-refractivity contribution is 9.10. The average Bonchev–Trinajstić information content (AvgIpc) is 3.00. The molecule has 8 heteroatoms. The van der Waals surface area contributed by atoms with Gasteiger partial charge in [-0.25, -0.2) is 4.98 Å². The zero-order chi connectivity index (χ0) is 17.8. The van der Waals surface area contributed by atoms with Crippen LogP contribution in [0.5, 0.6) is 5.75 Å². The lowest BCUT2D eigenvalue weighted by Gasteiger charge is -2.34. The molecule has 0 aliphatic carbocycles. The van der Waals surface area contributed by atoms with E-state index in [1.54, 1.807) is 6.20 Å². The zero-order valence-corrected chi connectivity index (χ0v) is 16.6. The highest BCUT2D eigenvalue weighted by atomic mass is 79.9. The van der Waals surface area contributed by atoms with Gasteiger partial charge in [0.05, 0.1) is 12.2 Å². The van der Waals surface area contributed by atoms with E-state index < -0.39 is 10.0 Å². The Morgan fingerprint density at radius 1 is 1.32 bits per heavy atom. The number of nitrogens with zero attached hydrogens (tertiary/aromatic N) is 3. The summed E-state index contributed by atoms with van der Waals surface area (Å²) in [5, 5.41) is 0.126. The minimum atomic E-state index is -3.73. The van der Waals surface area contributed by atoms with Crippen LogP contribution in [0.25, 0.3) is 0 Å². The molecule has 0 saturated carbocycles. The van der Waals surface area contributed by atoms with Crippen molar-refractivity contribution in [2.75, 3.05) is 10.8 Å². The molecule has 2 aliphatic rings. The Bertz CT molecular complexity index is 915. The number of aromatic nitrogens is 2. The molecule has 0 N–H and O–H groups in total. The van der Waals surface area contributed by atoms with Crippen LogP contribution in [0.1, 0.15) is 31.2 Å². The Morgan fingerprint density at radius 2 is 2.12 bits per heavy atom. The number of aryl methyl sites for hydroxylation is 3. The van der Waals surface area contributed by atoms with Crippen molar-refractivity contribution in [3.8, 4) is 5.75 Å². The number of hydrogen-bond acceptors (Lipinski definition) is 4. The number of benzene rings is 1. The van der Waals surface area contributed by atoms with Crippen LogP contribution in [0.4, 0.5) is 5.69 Å². The van der Waals surface area contributed by atoms with E-state index in [1.807, 2.05) is 30.5 Å². The topological polar surface area (TPSA) is 64.4 Å². The van der Waals surface area contributed by atoms with E-state index in [1.165, 1.54) is 4.31 Å². The molecule has 0 spiro atoms. The Hall–Kier alpha value is -1.54. The van der Waals surface area contributed by atoms with Crippen molar-refractivity contribution in [1.82, 2.24) is 9.55 Å². The molecule has 1 unspecified atom stereocenters. The molecule has 6 nitrogen and oxygen atoms in total. The third kappa shape index (κ3) is 2.85. The van der Waals surface area contributed by atoms with Gasteiger partial charge in [-0.3, -0.25) is 4.31 Å². The fourth-order valence-corrected chi connectivity index (χ4v) is 5.22. The lowest BCUT2D eigenvalue weighted by Crippen LogP contribution is -2.42. The SMILES string of the molecule is Cc1cc2c(cc1Br)N(S(=O)(=O)c1cn3c(n1)CCCC3)CC(C)O2. The van der Waals surface area contributed by atoms with Crippen LogP contribution in [-0.4, -0.2) is 30.6 Å². The number of halogens is 1. The Labute approximate surface area is 156 Å². The first kappa shape index (κ1) is 16.9. The molecule has 1 aromatic carbocycles. The van der Waals surface area contributed by atoms with E-state index >= 15 is 0 Å². The fraction of sp³-hybridized carbons (Fsp3) is 0.471. The number of hydrogen-bond donors (Lipinski definition) is 0. The number of fused-ring (bicyclic) bond motifs is 2. The smallest absolute Gasteiger partial charge is 0.283 e. The molecule has 1 atom stereocenters. The van der Waals surface area contributed by atoms with Crippen molar-refractivity contribution in [1.29, 1.82) is 0 Å². The molecular weight excluding hydrogens is 406 g/mol. The molecule has 0 fully saturated rings. The second-order valence-corrected chi connectivity index (χ2v) is 9.34. The van der Waals surface area contributed by atoms with Crippen molar-refractivity contribution in [2.45, 2.75) is 50.8 Å². The van der Waals surface area contributed by atoms with Crippen molar-refractivity contribution >= 4 is 31.6 Å². The number of sulfonamides is 1. The fourth-order valence-electron chi connectivity index (χ4n) is 3.37. The third-order valence-electron chi connectivity index (χ3n) is 4.70. The average molecular weight is 426 g/mol. The number of imidazole rings is 1. The molecule has 134 valence electrons. The maximum atomic E-state index is 13.3. The Kier molecular flexibility index (Phi) is 4.07. The lowest BCUT2D eigenvalue weighted by molar-refractivity contribution is 0.219. The van der Waals surface area contributed by atoms with E-state index in [-0.39, 0.29) is 17.7 Å². The standard InChI is InChI=1S/C17H20BrN3O3S/c1-11-7-15-14(8-13(11)18)21(9-12(2)24-15)25(22,23)17-10-20-6-4-3-5-16(20)19-17/h7-8,10,12H,3-6,9H2,1-2H3. The van der Waals surface area contributed by atoms with Crippen LogP contribution in [0.3, 0.4) is 0 Å². The zero-order valence-electron chi connectivity index (χ0n) is 14.2. The molecule has 25 heavy (non-hydrogen) atoms. The molecule has 2 aliphatic heterocycles. The van der Waals surface area contributed by atoms with Crippen molar-refractivity contribution in [2.24, 2.45) is 0 Å². The summed E-state index contributed by atoms with van der Waals surface area (Å²) in [5.74, 6) is 1.45. The molecule has 1 aromatic heterocycles. The van der Waals surface area contributed by atoms with Crippen molar-refractivity contribution in [3.05, 3.63) is 34.2 Å². The number of rotatable bonds is 2. The molecule has 0 amide bonds. The minimum Gasteiger partial charge on any atom is -0.487 e. The van der Waals surface area contributed by atoms with E-state index in [0.29, 0.717) is 11.4 Å².